The highest BCUT2D eigenvalue weighted by Gasteiger charge is 2.35. The van der Waals surface area contributed by atoms with Gasteiger partial charge in [-0.1, -0.05) is 10.9 Å². The van der Waals surface area contributed by atoms with Gasteiger partial charge in [-0.05, 0) is 0 Å². The monoisotopic (exact) mass is 394 g/mol. The first kappa shape index (κ1) is 18.8. The molecule has 0 aliphatic carbocycles. The Labute approximate surface area is 144 Å². The van der Waals surface area contributed by atoms with Crippen LogP contribution in [0.5, 0.6) is 0 Å². The van der Waals surface area contributed by atoms with E-state index in [0.717, 1.165) is 0 Å². The van der Waals surface area contributed by atoms with E-state index in [1.807, 2.05) is 0 Å². The molecule has 0 saturated carbocycles. The molecular formula is C6H6N10O11. The van der Waals surface area contributed by atoms with Crippen LogP contribution in [0.15, 0.2) is 0 Å². The van der Waals surface area contributed by atoms with Gasteiger partial charge in [0, 0.05) is 0 Å². The molecule has 146 valence electrons. The van der Waals surface area contributed by atoms with Crippen LogP contribution in [-0.4, -0.2) is 43.7 Å². The fourth-order valence-electron chi connectivity index (χ4n) is 1.65. The molecule has 1 aromatic rings. The minimum atomic E-state index is -1.20. The van der Waals surface area contributed by atoms with Gasteiger partial charge in [0.1, 0.15) is 0 Å². The Balaban J connectivity index is 2.43. The molecule has 0 saturated heterocycles. The number of hydrazine groups is 2. The van der Waals surface area contributed by atoms with E-state index in [0.29, 0.717) is 10.1 Å². The number of anilines is 4. The van der Waals surface area contributed by atoms with Gasteiger partial charge >= 0.3 is 0 Å². The van der Waals surface area contributed by atoms with Gasteiger partial charge in [-0.15, -0.1) is 25.2 Å². The van der Waals surface area contributed by atoms with Crippen LogP contribution in [0.2, 0.25) is 0 Å². The summed E-state index contributed by atoms with van der Waals surface area (Å²) >= 11 is 0. The second kappa shape index (κ2) is 7.55. The minimum Gasteiger partial charge on any atom is -0.290 e. The predicted molar refractivity (Wildman–Crippen MR) is 75.2 cm³/mol. The molecule has 0 fully saturated rings. The molecule has 0 bridgehead atoms. The summed E-state index contributed by atoms with van der Waals surface area (Å²) in [5.74, 6) is -2.44. The Hall–Kier alpha value is -4.56. The number of nitro groups is 2. The standard InChI is InChI=1S/C6H6N10O11/c17-13(18)9-3-4(10-14(19)20)8-6-5(7-3)11(1-25-15(21)22)27-12(6)2-26-16(23)24/h1-2H2,(H,7,9)(H,8,10). The number of hydrogen-bond donors (Lipinski definition) is 2. The molecule has 0 spiro atoms. The van der Waals surface area contributed by atoms with Gasteiger partial charge < -0.3 is 0 Å². The van der Waals surface area contributed by atoms with E-state index >= 15 is 0 Å². The van der Waals surface area contributed by atoms with Crippen molar-refractivity contribution in [3.05, 3.63) is 40.5 Å². The van der Waals surface area contributed by atoms with Crippen LogP contribution in [0.1, 0.15) is 0 Å². The quantitative estimate of drug-likeness (QED) is 0.337. The first-order valence-corrected chi connectivity index (χ1v) is 6.19. The number of aromatic nitrogens is 2. The maximum absolute atomic E-state index is 10.6. The highest BCUT2D eigenvalue weighted by Crippen LogP contribution is 2.36. The molecule has 21 heteroatoms. The predicted octanol–water partition coefficient (Wildman–Crippen LogP) is -1.51. The summed E-state index contributed by atoms with van der Waals surface area (Å²) in [5, 5.41) is 38.3. The minimum absolute atomic E-state index is 0.456. The van der Waals surface area contributed by atoms with E-state index in [1.54, 1.807) is 0 Å². The molecule has 1 aromatic heterocycles. The first-order valence-electron chi connectivity index (χ1n) is 6.19. The van der Waals surface area contributed by atoms with Crippen LogP contribution in [0.4, 0.5) is 23.3 Å². The van der Waals surface area contributed by atoms with Crippen LogP contribution in [0.25, 0.3) is 0 Å². The Kier molecular flexibility index (Phi) is 5.25. The Morgan fingerprint density at radius 1 is 0.815 bits per heavy atom. The molecular weight excluding hydrogens is 388 g/mol. The number of hydroxylamine groups is 2. The Morgan fingerprint density at radius 3 is 1.48 bits per heavy atom. The summed E-state index contributed by atoms with van der Waals surface area (Å²) in [6, 6.07) is 0. The smallest absolute Gasteiger partial charge is 0.290 e. The van der Waals surface area contributed by atoms with Crippen molar-refractivity contribution in [2.75, 3.05) is 34.4 Å². The lowest BCUT2D eigenvalue weighted by atomic mass is 10.5. The molecule has 2 N–H and O–H groups in total. The molecule has 0 amide bonds. The molecule has 1 aliphatic rings. The lowest BCUT2D eigenvalue weighted by Gasteiger charge is -2.16. The van der Waals surface area contributed by atoms with Crippen molar-refractivity contribution in [2.24, 2.45) is 0 Å². The van der Waals surface area contributed by atoms with Crippen LogP contribution in [0, 0.1) is 40.5 Å². The van der Waals surface area contributed by atoms with Gasteiger partial charge in [-0.2, -0.15) is 20.1 Å². The van der Waals surface area contributed by atoms with Crippen molar-refractivity contribution in [2.45, 2.75) is 0 Å². The highest BCUT2D eigenvalue weighted by atomic mass is 17.0. The van der Waals surface area contributed by atoms with E-state index in [1.165, 1.54) is 10.9 Å². The van der Waals surface area contributed by atoms with Gasteiger partial charge in [0.25, 0.3) is 10.2 Å². The zero-order chi connectivity index (χ0) is 20.1. The summed E-state index contributed by atoms with van der Waals surface area (Å²) in [7, 11) is 0. The number of hydrogen-bond acceptors (Lipinski definition) is 15. The molecule has 2 rings (SSSR count). The maximum Gasteiger partial charge on any atom is 0.296 e. The molecule has 1 aliphatic heterocycles. The van der Waals surface area contributed by atoms with Crippen molar-refractivity contribution >= 4 is 23.3 Å². The van der Waals surface area contributed by atoms with Crippen molar-refractivity contribution in [1.29, 1.82) is 0 Å². The topological polar surface area (TPSA) is 257 Å². The molecule has 21 nitrogen and oxygen atoms in total. The zero-order valence-electron chi connectivity index (χ0n) is 12.5. The van der Waals surface area contributed by atoms with E-state index in [2.05, 4.69) is 19.6 Å². The van der Waals surface area contributed by atoms with Crippen molar-refractivity contribution in [3.8, 4) is 0 Å². The lowest BCUT2D eigenvalue weighted by Crippen LogP contribution is -2.32. The second-order valence-corrected chi connectivity index (χ2v) is 4.11. The fraction of sp³-hybridized carbons (Fsp3) is 0.333. The van der Waals surface area contributed by atoms with Crippen molar-refractivity contribution in [3.63, 3.8) is 0 Å². The van der Waals surface area contributed by atoms with E-state index in [9.17, 15) is 40.5 Å². The van der Waals surface area contributed by atoms with Crippen molar-refractivity contribution < 1.29 is 34.9 Å². The molecule has 27 heavy (non-hydrogen) atoms. The molecule has 0 atom stereocenters. The maximum atomic E-state index is 10.6. The lowest BCUT2D eigenvalue weighted by molar-refractivity contribution is -0.760. The number of nitrogens with zero attached hydrogens (tertiary/aromatic N) is 8. The summed E-state index contributed by atoms with van der Waals surface area (Å²) in [6.45, 7) is -1.85. The number of nitrogens with one attached hydrogen (secondary N) is 2. The number of fused-ring (bicyclic) bond motifs is 1. The van der Waals surface area contributed by atoms with Crippen LogP contribution in [0.3, 0.4) is 0 Å². The van der Waals surface area contributed by atoms with E-state index < -0.39 is 57.0 Å². The molecule has 0 radical (unpaired) electrons. The summed E-state index contributed by atoms with van der Waals surface area (Å²) < 4.78 is 0. The number of rotatable bonds is 10. The summed E-state index contributed by atoms with van der Waals surface area (Å²) in [4.78, 5) is 62.1. The van der Waals surface area contributed by atoms with Crippen LogP contribution < -0.4 is 21.0 Å². The second-order valence-electron chi connectivity index (χ2n) is 4.11. The van der Waals surface area contributed by atoms with Crippen LogP contribution in [-0.2, 0) is 14.6 Å². The summed E-state index contributed by atoms with van der Waals surface area (Å²) in [5.41, 5.74) is 3.05. The normalized spacial score (nSPS) is 12.1. The van der Waals surface area contributed by atoms with Gasteiger partial charge in [0.15, 0.2) is 23.5 Å². The van der Waals surface area contributed by atoms with Crippen LogP contribution >= 0.6 is 0 Å². The third-order valence-corrected chi connectivity index (χ3v) is 2.48. The average Bonchev–Trinajstić information content (AvgIpc) is 2.87. The Morgan fingerprint density at radius 2 is 1.19 bits per heavy atom. The van der Waals surface area contributed by atoms with Gasteiger partial charge in [0.05, 0.1) is 0 Å². The van der Waals surface area contributed by atoms with Crippen molar-refractivity contribution in [1.82, 2.24) is 9.97 Å². The largest absolute Gasteiger partial charge is 0.296 e. The molecule has 0 aromatic carbocycles. The van der Waals surface area contributed by atoms with Gasteiger partial charge in [0.2, 0.25) is 23.3 Å². The average molecular weight is 394 g/mol. The SMILES string of the molecule is O=[N+]([O-])Nc1nc2c(nc1N[N+](=O)[O-])N(CO[N+](=O)[O-])ON2CO[N+](=O)[O-]. The summed E-state index contributed by atoms with van der Waals surface area (Å²) in [6.07, 6.45) is 0. The van der Waals surface area contributed by atoms with E-state index in [-0.39, 0.29) is 0 Å². The third-order valence-electron chi connectivity index (χ3n) is 2.48. The molecule has 0 unspecified atom stereocenters. The fourth-order valence-corrected chi connectivity index (χ4v) is 1.65. The highest BCUT2D eigenvalue weighted by molar-refractivity contribution is 5.72. The Bertz CT molecular complexity index is 722. The zero-order valence-corrected chi connectivity index (χ0v) is 12.5. The first-order chi connectivity index (χ1) is 12.7. The van der Waals surface area contributed by atoms with E-state index in [4.69, 9.17) is 4.94 Å². The van der Waals surface area contributed by atoms with Gasteiger partial charge in [-0.3, -0.25) is 9.68 Å². The third kappa shape index (κ3) is 4.72. The molecule has 2 heterocycles. The van der Waals surface area contributed by atoms with Gasteiger partial charge in [-0.25, -0.2) is 20.2 Å².